The fourth-order valence-electron chi connectivity index (χ4n) is 8.41. The lowest BCUT2D eigenvalue weighted by Gasteiger charge is -2.48. The largest absolute Gasteiger partial charge is 0.341 e. The van der Waals surface area contributed by atoms with Crippen LogP contribution in [-0.2, 0) is 22.6 Å². The van der Waals surface area contributed by atoms with Gasteiger partial charge in [0.05, 0.1) is 6.04 Å². The maximum atomic E-state index is 14.2. The van der Waals surface area contributed by atoms with E-state index in [1.807, 2.05) is 35.3 Å². The van der Waals surface area contributed by atoms with Gasteiger partial charge in [0.15, 0.2) is 0 Å². The summed E-state index contributed by atoms with van der Waals surface area (Å²) >= 11 is 6.18. The normalized spacial score (nSPS) is 26.0. The summed E-state index contributed by atoms with van der Waals surface area (Å²) in [5.41, 5.74) is 1.30. The number of benzene rings is 1. The molecular formula is C33H47ClN6O2. The summed E-state index contributed by atoms with van der Waals surface area (Å²) in [6.45, 7) is 3.40. The summed E-state index contributed by atoms with van der Waals surface area (Å²) in [5, 5.41) is 8.99. The molecule has 2 aromatic rings. The second kappa shape index (κ2) is 13.5. The first-order valence-corrected chi connectivity index (χ1v) is 16.8. The molecule has 2 saturated heterocycles. The number of halogens is 1. The number of nitrogens with zero attached hydrogens (tertiary/aromatic N) is 5. The Hall–Kier alpha value is -2.45. The zero-order valence-electron chi connectivity index (χ0n) is 24.9. The molecule has 3 heterocycles. The van der Waals surface area contributed by atoms with Gasteiger partial charge in [0.25, 0.3) is 0 Å². The Labute approximate surface area is 255 Å². The minimum absolute atomic E-state index is 0.176. The third-order valence-electron chi connectivity index (χ3n) is 10.8. The molecule has 9 heteroatoms. The lowest BCUT2D eigenvalue weighted by atomic mass is 9.63. The van der Waals surface area contributed by atoms with Crippen molar-refractivity contribution >= 4 is 23.4 Å². The summed E-state index contributed by atoms with van der Waals surface area (Å²) < 4.78 is 2.02. The monoisotopic (exact) mass is 594 g/mol. The second-order valence-electron chi connectivity index (χ2n) is 13.4. The van der Waals surface area contributed by atoms with Crippen molar-refractivity contribution in [1.29, 1.82) is 0 Å². The molecule has 2 aliphatic heterocycles. The molecule has 42 heavy (non-hydrogen) atoms. The summed E-state index contributed by atoms with van der Waals surface area (Å²) in [7, 11) is 0. The van der Waals surface area contributed by atoms with E-state index in [4.69, 9.17) is 11.6 Å². The van der Waals surface area contributed by atoms with Crippen LogP contribution in [0.4, 0.5) is 0 Å². The van der Waals surface area contributed by atoms with Gasteiger partial charge in [0.2, 0.25) is 11.8 Å². The predicted octanol–water partition coefficient (Wildman–Crippen LogP) is 5.26. The van der Waals surface area contributed by atoms with Crippen LogP contribution in [0.15, 0.2) is 36.9 Å². The van der Waals surface area contributed by atoms with Gasteiger partial charge in [-0.2, -0.15) is 5.10 Å². The Balaban J connectivity index is 1.12. The molecule has 228 valence electrons. The molecule has 1 atom stereocenters. The van der Waals surface area contributed by atoms with Crippen LogP contribution in [-0.4, -0.2) is 74.1 Å². The van der Waals surface area contributed by atoms with Crippen LogP contribution in [0.2, 0.25) is 5.02 Å². The number of rotatable bonds is 9. The van der Waals surface area contributed by atoms with Crippen molar-refractivity contribution in [2.75, 3.05) is 19.6 Å². The van der Waals surface area contributed by atoms with Crippen molar-refractivity contribution < 1.29 is 9.59 Å². The van der Waals surface area contributed by atoms with Crippen molar-refractivity contribution in [3.05, 3.63) is 47.5 Å². The maximum absolute atomic E-state index is 14.2. The van der Waals surface area contributed by atoms with E-state index in [0.29, 0.717) is 41.8 Å². The first kappa shape index (κ1) is 29.6. The second-order valence-corrected chi connectivity index (χ2v) is 13.8. The first-order valence-electron chi connectivity index (χ1n) is 16.4. The molecule has 2 amide bonds. The van der Waals surface area contributed by atoms with Crippen molar-refractivity contribution in [1.82, 2.24) is 29.9 Å². The summed E-state index contributed by atoms with van der Waals surface area (Å²) in [6.07, 6.45) is 18.4. The van der Waals surface area contributed by atoms with Gasteiger partial charge in [-0.15, -0.1) is 0 Å². The molecule has 6 rings (SSSR count). The molecule has 0 spiro atoms. The van der Waals surface area contributed by atoms with Gasteiger partial charge in [0, 0.05) is 49.7 Å². The van der Waals surface area contributed by atoms with E-state index < -0.39 is 0 Å². The number of likely N-dealkylation sites (tertiary alicyclic amines) is 2. The van der Waals surface area contributed by atoms with E-state index in [1.165, 1.54) is 32.1 Å². The summed E-state index contributed by atoms with van der Waals surface area (Å²) in [4.78, 5) is 35.0. The molecule has 1 N–H and O–H groups in total. The van der Waals surface area contributed by atoms with Crippen LogP contribution in [0, 0.1) is 11.3 Å². The van der Waals surface area contributed by atoms with Gasteiger partial charge in [-0.1, -0.05) is 43.0 Å². The molecular weight excluding hydrogens is 548 g/mol. The Morgan fingerprint density at radius 3 is 2.36 bits per heavy atom. The van der Waals surface area contributed by atoms with E-state index in [-0.39, 0.29) is 17.4 Å². The molecule has 0 bridgehead atoms. The van der Waals surface area contributed by atoms with E-state index in [0.717, 1.165) is 76.7 Å². The van der Waals surface area contributed by atoms with Crippen LogP contribution >= 0.6 is 11.6 Å². The molecule has 4 aliphatic rings. The van der Waals surface area contributed by atoms with Crippen molar-refractivity contribution in [3.8, 4) is 0 Å². The fourth-order valence-corrected chi connectivity index (χ4v) is 8.53. The fraction of sp³-hybridized carbons (Fsp3) is 0.697. The van der Waals surface area contributed by atoms with Crippen LogP contribution in [0.25, 0.3) is 0 Å². The zero-order chi connectivity index (χ0) is 28.9. The Morgan fingerprint density at radius 2 is 1.71 bits per heavy atom. The Kier molecular flexibility index (Phi) is 9.49. The van der Waals surface area contributed by atoms with Gasteiger partial charge < -0.3 is 15.1 Å². The highest BCUT2D eigenvalue weighted by Crippen LogP contribution is 2.47. The van der Waals surface area contributed by atoms with Gasteiger partial charge in [-0.3, -0.25) is 14.3 Å². The minimum Gasteiger partial charge on any atom is -0.341 e. The van der Waals surface area contributed by atoms with Crippen molar-refractivity contribution in [3.63, 3.8) is 0 Å². The molecule has 2 aliphatic carbocycles. The molecule has 2 saturated carbocycles. The number of carbonyl (C=O) groups is 2. The van der Waals surface area contributed by atoms with Gasteiger partial charge in [-0.25, -0.2) is 4.98 Å². The first-order chi connectivity index (χ1) is 20.5. The topological polar surface area (TPSA) is 83.4 Å². The van der Waals surface area contributed by atoms with Crippen LogP contribution in [0.5, 0.6) is 0 Å². The SMILES string of the molecule is O=C([C@@H](Cc1ccc(Cl)cc1)NC1CCC(N2CCCC2=O)CC1)N1CCC(Cn2cncn2)(C2CCCCC2)CC1. The molecule has 0 radical (unpaired) electrons. The van der Waals surface area contributed by atoms with Crippen LogP contribution in [0.3, 0.4) is 0 Å². The quantitative estimate of drug-likeness (QED) is 0.428. The maximum Gasteiger partial charge on any atom is 0.240 e. The van der Waals surface area contributed by atoms with E-state index >= 15 is 0 Å². The lowest BCUT2D eigenvalue weighted by molar-refractivity contribution is -0.137. The van der Waals surface area contributed by atoms with Crippen LogP contribution < -0.4 is 5.32 Å². The molecule has 4 fully saturated rings. The third kappa shape index (κ3) is 6.85. The predicted molar refractivity (Wildman–Crippen MR) is 164 cm³/mol. The van der Waals surface area contributed by atoms with E-state index in [2.05, 4.69) is 25.2 Å². The average Bonchev–Trinajstić information content (AvgIpc) is 3.70. The van der Waals surface area contributed by atoms with Gasteiger partial charge in [0.1, 0.15) is 12.7 Å². The Bertz CT molecular complexity index is 1170. The number of amides is 2. The van der Waals surface area contributed by atoms with Gasteiger partial charge in [-0.05, 0) is 93.2 Å². The zero-order valence-corrected chi connectivity index (χ0v) is 25.7. The van der Waals surface area contributed by atoms with Crippen LogP contribution in [0.1, 0.15) is 89.0 Å². The summed E-state index contributed by atoms with van der Waals surface area (Å²) in [6, 6.07) is 8.31. The highest BCUT2D eigenvalue weighted by molar-refractivity contribution is 6.30. The average molecular weight is 595 g/mol. The molecule has 1 aromatic heterocycles. The number of nitrogens with one attached hydrogen (secondary N) is 1. The van der Waals surface area contributed by atoms with E-state index in [9.17, 15) is 9.59 Å². The minimum atomic E-state index is -0.265. The highest BCUT2D eigenvalue weighted by atomic mass is 35.5. The molecule has 8 nitrogen and oxygen atoms in total. The standard InChI is InChI=1S/C33H47ClN6O2/c34-27-10-8-25(9-11-27)21-30(37-28-12-14-29(15-13-28)40-18-4-7-31(40)41)32(42)38-19-16-33(17-20-38,22-39-24-35-23-36-39)26-5-2-1-3-6-26/h8-11,23-24,26,28-30,37H,1-7,12-22H2/t28?,29?,30-/m1/s1. The highest BCUT2D eigenvalue weighted by Gasteiger charge is 2.44. The molecule has 0 unspecified atom stereocenters. The molecule has 1 aromatic carbocycles. The lowest BCUT2D eigenvalue weighted by Crippen LogP contribution is -2.56. The number of aromatic nitrogens is 3. The van der Waals surface area contributed by atoms with Crippen molar-refractivity contribution in [2.45, 2.75) is 115 Å². The number of hydrogen-bond acceptors (Lipinski definition) is 5. The van der Waals surface area contributed by atoms with Gasteiger partial charge >= 0.3 is 0 Å². The number of piperidine rings is 1. The van der Waals surface area contributed by atoms with E-state index in [1.54, 1.807) is 6.33 Å². The van der Waals surface area contributed by atoms with Crippen molar-refractivity contribution in [2.24, 2.45) is 11.3 Å². The third-order valence-corrected chi connectivity index (χ3v) is 11.1. The number of hydrogen-bond donors (Lipinski definition) is 1. The summed E-state index contributed by atoms with van der Waals surface area (Å²) in [5.74, 6) is 1.23. The smallest absolute Gasteiger partial charge is 0.240 e. The number of carbonyl (C=O) groups excluding carboxylic acids is 2. The Morgan fingerprint density at radius 1 is 0.976 bits per heavy atom.